The first kappa shape index (κ1) is 11.6. The maximum absolute atomic E-state index is 13.4. The van der Waals surface area contributed by atoms with Gasteiger partial charge in [0.1, 0.15) is 0 Å². The highest BCUT2D eigenvalue weighted by atomic mass is 35.5. The highest BCUT2D eigenvalue weighted by Crippen LogP contribution is 2.33. The normalized spacial score (nSPS) is 25.3. The lowest BCUT2D eigenvalue weighted by Crippen LogP contribution is -2.33. The van der Waals surface area contributed by atoms with Gasteiger partial charge in [0, 0.05) is 11.1 Å². The number of nitrogens with zero attached hydrogens (tertiary/aromatic N) is 1. The molecule has 0 fully saturated rings. The van der Waals surface area contributed by atoms with Crippen LogP contribution in [0.5, 0.6) is 0 Å². The van der Waals surface area contributed by atoms with Crippen LogP contribution in [0, 0.1) is 10.1 Å². The summed E-state index contributed by atoms with van der Waals surface area (Å²) in [5, 5.41) is 10.1. The summed E-state index contributed by atoms with van der Waals surface area (Å²) in [4.78, 5) is 20.3. The largest absolute Gasteiger partial charge is 0.465 e. The van der Waals surface area contributed by atoms with Crippen molar-refractivity contribution in [1.29, 1.82) is 0 Å². The molecule has 0 N–H and O–H groups in total. The zero-order valence-electron chi connectivity index (χ0n) is 7.70. The van der Waals surface area contributed by atoms with Crippen LogP contribution in [0.2, 0.25) is 0 Å². The zero-order chi connectivity index (χ0) is 11.6. The minimum absolute atomic E-state index is 0.0608. The van der Waals surface area contributed by atoms with Gasteiger partial charge in [-0.3, -0.25) is 10.1 Å². The van der Waals surface area contributed by atoms with Gasteiger partial charge in [0.15, 0.2) is 0 Å². The molecule has 1 atom stereocenters. The Morgan fingerprint density at radius 1 is 1.80 bits per heavy atom. The summed E-state index contributed by atoms with van der Waals surface area (Å²) in [6, 6.07) is 0. The molecule has 1 rings (SSSR count). The van der Waals surface area contributed by atoms with Crippen molar-refractivity contribution < 1.29 is 18.8 Å². The molecular formula is C8H7ClFNO4. The standard InChI is InChI=1S/C8H7ClFNO4/c1-15-7(12)5-2-3-8(10,11(13)14)4-6(5)9/h2-3H,4H2,1H3. The van der Waals surface area contributed by atoms with Crippen LogP contribution in [0.3, 0.4) is 0 Å². The topological polar surface area (TPSA) is 69.4 Å². The number of halogens is 2. The monoisotopic (exact) mass is 235 g/mol. The summed E-state index contributed by atoms with van der Waals surface area (Å²) in [6.45, 7) is 0. The van der Waals surface area contributed by atoms with E-state index in [4.69, 9.17) is 11.6 Å². The minimum Gasteiger partial charge on any atom is -0.465 e. The second-order valence-corrected chi connectivity index (χ2v) is 3.35. The lowest BCUT2D eigenvalue weighted by molar-refractivity contribution is -0.589. The number of methoxy groups -OCH3 is 1. The van der Waals surface area contributed by atoms with Crippen molar-refractivity contribution in [3.05, 3.63) is 32.9 Å². The molecule has 15 heavy (non-hydrogen) atoms. The van der Waals surface area contributed by atoms with Crippen LogP contribution in [0.25, 0.3) is 0 Å². The van der Waals surface area contributed by atoms with Gasteiger partial charge in [-0.1, -0.05) is 11.6 Å². The molecule has 0 aromatic carbocycles. The number of carbonyl (C=O) groups excluding carboxylic acids is 1. The van der Waals surface area contributed by atoms with Crippen molar-refractivity contribution in [2.24, 2.45) is 0 Å². The zero-order valence-corrected chi connectivity index (χ0v) is 8.45. The average molecular weight is 236 g/mol. The van der Waals surface area contributed by atoms with Gasteiger partial charge in [0.2, 0.25) is 0 Å². The number of rotatable bonds is 2. The molecule has 0 aliphatic heterocycles. The van der Waals surface area contributed by atoms with Crippen LogP contribution < -0.4 is 0 Å². The Morgan fingerprint density at radius 2 is 2.40 bits per heavy atom. The van der Waals surface area contributed by atoms with Crippen LogP contribution in [0.1, 0.15) is 6.42 Å². The fraction of sp³-hybridized carbons (Fsp3) is 0.375. The summed E-state index contributed by atoms with van der Waals surface area (Å²) in [5.74, 6) is -3.49. The molecule has 0 saturated heterocycles. The molecule has 0 radical (unpaired) electrons. The molecule has 5 nitrogen and oxygen atoms in total. The predicted molar refractivity (Wildman–Crippen MR) is 49.5 cm³/mol. The molecule has 82 valence electrons. The van der Waals surface area contributed by atoms with Crippen molar-refractivity contribution >= 4 is 17.6 Å². The number of hydrogen-bond donors (Lipinski definition) is 0. The molecule has 0 bridgehead atoms. The van der Waals surface area contributed by atoms with Crippen LogP contribution in [-0.2, 0) is 9.53 Å². The Morgan fingerprint density at radius 3 is 2.80 bits per heavy atom. The minimum atomic E-state index is -2.74. The van der Waals surface area contributed by atoms with E-state index in [0.29, 0.717) is 6.08 Å². The quantitative estimate of drug-likeness (QED) is 0.315. The molecule has 1 aliphatic carbocycles. The third kappa shape index (κ3) is 2.15. The maximum atomic E-state index is 13.4. The van der Waals surface area contributed by atoms with E-state index >= 15 is 0 Å². The summed E-state index contributed by atoms with van der Waals surface area (Å²) in [7, 11) is 1.14. The van der Waals surface area contributed by atoms with Crippen molar-refractivity contribution in [3.63, 3.8) is 0 Å². The summed E-state index contributed by atoms with van der Waals surface area (Å²) >= 11 is 5.57. The first-order valence-electron chi connectivity index (χ1n) is 3.90. The van der Waals surface area contributed by atoms with Gasteiger partial charge < -0.3 is 4.74 Å². The van der Waals surface area contributed by atoms with E-state index < -0.39 is 23.1 Å². The molecule has 0 aromatic heterocycles. The number of alkyl halides is 1. The molecule has 1 aliphatic rings. The Labute approximate surface area is 89.3 Å². The lowest BCUT2D eigenvalue weighted by Gasteiger charge is -2.17. The van der Waals surface area contributed by atoms with Crippen molar-refractivity contribution in [2.75, 3.05) is 7.11 Å². The molecule has 0 aromatic rings. The molecular weight excluding hydrogens is 229 g/mol. The van der Waals surface area contributed by atoms with Crippen molar-refractivity contribution in [1.82, 2.24) is 0 Å². The molecule has 0 amide bonds. The predicted octanol–water partition coefficient (Wildman–Crippen LogP) is 1.55. The van der Waals surface area contributed by atoms with Gasteiger partial charge in [0.25, 0.3) is 0 Å². The van der Waals surface area contributed by atoms with E-state index in [1.165, 1.54) is 0 Å². The van der Waals surface area contributed by atoms with Crippen LogP contribution in [0.4, 0.5) is 4.39 Å². The Kier molecular flexibility index (Phi) is 3.09. The second kappa shape index (κ2) is 3.98. The van der Waals surface area contributed by atoms with E-state index in [1.807, 2.05) is 0 Å². The molecule has 0 saturated carbocycles. The number of hydrogen-bond acceptors (Lipinski definition) is 4. The second-order valence-electron chi connectivity index (χ2n) is 2.90. The number of carbonyl (C=O) groups is 1. The number of ether oxygens (including phenoxy) is 1. The van der Waals surface area contributed by atoms with Gasteiger partial charge in [-0.25, -0.2) is 4.79 Å². The summed E-state index contributed by atoms with van der Waals surface area (Å²) in [6.07, 6.45) is 0.980. The maximum Gasteiger partial charge on any atom is 0.383 e. The van der Waals surface area contributed by atoms with E-state index in [0.717, 1.165) is 13.2 Å². The third-order valence-corrected chi connectivity index (χ3v) is 2.25. The van der Waals surface area contributed by atoms with Crippen LogP contribution >= 0.6 is 11.6 Å². The number of esters is 1. The molecule has 0 spiro atoms. The van der Waals surface area contributed by atoms with Crippen LogP contribution in [0.15, 0.2) is 22.8 Å². The van der Waals surface area contributed by atoms with E-state index in [-0.39, 0.29) is 10.6 Å². The van der Waals surface area contributed by atoms with Gasteiger partial charge in [-0.15, -0.1) is 0 Å². The van der Waals surface area contributed by atoms with Crippen molar-refractivity contribution in [3.8, 4) is 0 Å². The molecule has 7 heteroatoms. The molecule has 0 heterocycles. The highest BCUT2D eigenvalue weighted by Gasteiger charge is 2.44. The Bertz CT molecular complexity index is 379. The summed E-state index contributed by atoms with van der Waals surface area (Å²) in [5.41, 5.74) is -0.0608. The first-order chi connectivity index (χ1) is 6.90. The van der Waals surface area contributed by atoms with Crippen LogP contribution in [-0.4, -0.2) is 23.8 Å². The Balaban J connectivity index is 2.99. The first-order valence-corrected chi connectivity index (χ1v) is 4.28. The lowest BCUT2D eigenvalue weighted by atomic mass is 10.0. The highest BCUT2D eigenvalue weighted by molar-refractivity contribution is 6.32. The SMILES string of the molecule is COC(=O)C1=C(Cl)CC(F)([N+](=O)[O-])C=C1. The fourth-order valence-electron chi connectivity index (χ4n) is 1.09. The van der Waals surface area contributed by atoms with Crippen molar-refractivity contribution in [2.45, 2.75) is 12.2 Å². The summed E-state index contributed by atoms with van der Waals surface area (Å²) < 4.78 is 17.8. The van der Waals surface area contributed by atoms with Gasteiger partial charge >= 0.3 is 11.8 Å². The fourth-order valence-corrected chi connectivity index (χ4v) is 1.41. The van der Waals surface area contributed by atoms with Gasteiger partial charge in [-0.2, -0.15) is 4.39 Å². The smallest absolute Gasteiger partial charge is 0.383 e. The third-order valence-electron chi connectivity index (χ3n) is 1.91. The molecule has 1 unspecified atom stereocenters. The van der Waals surface area contributed by atoms with Gasteiger partial charge in [0.05, 0.1) is 24.0 Å². The van der Waals surface area contributed by atoms with E-state index in [2.05, 4.69) is 4.74 Å². The van der Waals surface area contributed by atoms with E-state index in [1.54, 1.807) is 0 Å². The van der Waals surface area contributed by atoms with E-state index in [9.17, 15) is 19.3 Å². The Hall–Kier alpha value is -1.43. The number of nitro groups is 1. The average Bonchev–Trinajstić information content (AvgIpc) is 2.16. The van der Waals surface area contributed by atoms with Gasteiger partial charge in [-0.05, 0) is 6.08 Å².